The summed E-state index contributed by atoms with van der Waals surface area (Å²) < 4.78 is 5.55. The quantitative estimate of drug-likeness (QED) is 0.758. The Kier molecular flexibility index (Phi) is 6.07. The number of ether oxygens (including phenoxy) is 1. The molecule has 2 saturated heterocycles. The van der Waals surface area contributed by atoms with E-state index in [1.54, 1.807) is 21.6 Å². The van der Waals surface area contributed by atoms with Gasteiger partial charge in [0.2, 0.25) is 11.8 Å². The molecule has 2 aliphatic heterocycles. The second-order valence-corrected chi connectivity index (χ2v) is 6.57. The van der Waals surface area contributed by atoms with Gasteiger partial charge in [-0.15, -0.1) is 11.8 Å². The highest BCUT2D eigenvalue weighted by molar-refractivity contribution is 7.99. The lowest BCUT2D eigenvalue weighted by Crippen LogP contribution is -2.50. The maximum atomic E-state index is 12.7. The van der Waals surface area contributed by atoms with Crippen molar-refractivity contribution in [3.63, 3.8) is 0 Å². The van der Waals surface area contributed by atoms with Gasteiger partial charge in [-0.05, 0) is 12.8 Å². The van der Waals surface area contributed by atoms with E-state index in [9.17, 15) is 14.4 Å². The molecule has 2 amide bonds. The monoisotopic (exact) mass is 330 g/mol. The highest BCUT2D eigenvalue weighted by Gasteiger charge is 2.36. The van der Waals surface area contributed by atoms with Crippen LogP contribution in [0.25, 0.3) is 0 Å². The van der Waals surface area contributed by atoms with Gasteiger partial charge in [-0.3, -0.25) is 14.4 Å². The molecule has 124 valence electrons. The van der Waals surface area contributed by atoms with Crippen molar-refractivity contribution in [1.29, 1.82) is 0 Å². The van der Waals surface area contributed by atoms with Gasteiger partial charge in [0.15, 0.2) is 0 Å². The zero-order valence-electron chi connectivity index (χ0n) is 12.7. The normalized spacial score (nSPS) is 24.5. The van der Waals surface area contributed by atoms with E-state index in [0.717, 1.165) is 12.8 Å². The fourth-order valence-electron chi connectivity index (χ4n) is 2.72. The number of carboxylic acid groups (broad SMARTS) is 1. The Morgan fingerprint density at radius 2 is 2.18 bits per heavy atom. The second-order valence-electron chi connectivity index (χ2n) is 5.57. The van der Waals surface area contributed by atoms with E-state index in [1.807, 2.05) is 0 Å². The molecule has 0 radical (unpaired) electrons. The van der Waals surface area contributed by atoms with Gasteiger partial charge in [0.25, 0.3) is 0 Å². The van der Waals surface area contributed by atoms with E-state index in [2.05, 4.69) is 0 Å². The molecule has 0 saturated carbocycles. The Hall–Kier alpha value is -1.28. The molecule has 0 aromatic carbocycles. The summed E-state index contributed by atoms with van der Waals surface area (Å²) in [7, 11) is 0. The van der Waals surface area contributed by atoms with Gasteiger partial charge in [0.1, 0.15) is 6.04 Å². The predicted molar refractivity (Wildman–Crippen MR) is 81.4 cm³/mol. The Balaban J connectivity index is 2.03. The molecule has 2 heterocycles. The summed E-state index contributed by atoms with van der Waals surface area (Å²) >= 11 is 1.54. The molecule has 0 aliphatic carbocycles. The highest BCUT2D eigenvalue weighted by atomic mass is 32.2. The third-order valence-corrected chi connectivity index (χ3v) is 4.94. The van der Waals surface area contributed by atoms with Crippen molar-refractivity contribution in [2.45, 2.75) is 38.3 Å². The van der Waals surface area contributed by atoms with Crippen LogP contribution in [-0.4, -0.2) is 76.2 Å². The molecule has 2 aliphatic rings. The molecule has 2 rings (SSSR count). The van der Waals surface area contributed by atoms with E-state index in [1.165, 1.54) is 6.92 Å². The Morgan fingerprint density at radius 1 is 1.41 bits per heavy atom. The fourth-order valence-corrected chi connectivity index (χ4v) is 3.93. The molecule has 22 heavy (non-hydrogen) atoms. The lowest BCUT2D eigenvalue weighted by atomic mass is 10.2. The van der Waals surface area contributed by atoms with Crippen LogP contribution in [0.3, 0.4) is 0 Å². The van der Waals surface area contributed by atoms with Gasteiger partial charge < -0.3 is 19.6 Å². The van der Waals surface area contributed by atoms with Crippen molar-refractivity contribution < 1.29 is 24.2 Å². The number of carbonyl (C=O) groups excluding carboxylic acids is 2. The smallest absolute Gasteiger partial charge is 0.305 e. The largest absolute Gasteiger partial charge is 0.481 e. The third kappa shape index (κ3) is 4.36. The van der Waals surface area contributed by atoms with Gasteiger partial charge in [-0.25, -0.2) is 0 Å². The summed E-state index contributed by atoms with van der Waals surface area (Å²) in [5.74, 6) is -0.156. The number of hydrogen-bond donors (Lipinski definition) is 1. The number of hydrogen-bond acceptors (Lipinski definition) is 5. The number of carboxylic acids is 1. The SMILES string of the molecule is CC(=O)N1CSC[C@@H]1C(=O)N(CCC(=O)O)C[C@@H]1CCCO1. The lowest BCUT2D eigenvalue weighted by Gasteiger charge is -2.30. The number of aliphatic carboxylic acids is 1. The first kappa shape index (κ1) is 17.1. The molecule has 0 aromatic heterocycles. The second kappa shape index (κ2) is 7.82. The van der Waals surface area contributed by atoms with Crippen molar-refractivity contribution in [2.75, 3.05) is 31.3 Å². The standard InChI is InChI=1S/C14H22N2O5S/c1-10(17)16-9-22-8-12(16)14(20)15(5-4-13(18)19)7-11-3-2-6-21-11/h11-12H,2-9H2,1H3,(H,18,19)/t11-,12+/m0/s1. The summed E-state index contributed by atoms with van der Waals surface area (Å²) in [4.78, 5) is 38.3. The average Bonchev–Trinajstić information content (AvgIpc) is 3.13. The average molecular weight is 330 g/mol. The predicted octanol–water partition coefficient (Wildman–Crippen LogP) is 0.390. The van der Waals surface area contributed by atoms with Crippen molar-refractivity contribution in [3.05, 3.63) is 0 Å². The van der Waals surface area contributed by atoms with E-state index in [0.29, 0.717) is 24.8 Å². The lowest BCUT2D eigenvalue weighted by molar-refractivity contribution is -0.145. The van der Waals surface area contributed by atoms with Crippen molar-refractivity contribution in [2.24, 2.45) is 0 Å². The van der Waals surface area contributed by atoms with Crippen molar-refractivity contribution >= 4 is 29.5 Å². The molecule has 8 heteroatoms. The van der Waals surface area contributed by atoms with Crippen LogP contribution in [0, 0.1) is 0 Å². The van der Waals surface area contributed by atoms with E-state index < -0.39 is 12.0 Å². The molecule has 2 fully saturated rings. The number of nitrogens with zero attached hydrogens (tertiary/aromatic N) is 2. The summed E-state index contributed by atoms with van der Waals surface area (Å²) in [5, 5.41) is 8.87. The van der Waals surface area contributed by atoms with Gasteiger partial charge in [0, 0.05) is 32.4 Å². The van der Waals surface area contributed by atoms with Crippen LogP contribution >= 0.6 is 11.8 Å². The van der Waals surface area contributed by atoms with Crippen LogP contribution in [-0.2, 0) is 19.1 Å². The maximum absolute atomic E-state index is 12.7. The molecule has 2 atom stereocenters. The number of thioether (sulfide) groups is 1. The topological polar surface area (TPSA) is 87.2 Å². The molecule has 0 unspecified atom stereocenters. The van der Waals surface area contributed by atoms with Gasteiger partial charge in [-0.2, -0.15) is 0 Å². The van der Waals surface area contributed by atoms with Crippen LogP contribution in [0.2, 0.25) is 0 Å². The van der Waals surface area contributed by atoms with Crippen molar-refractivity contribution in [1.82, 2.24) is 9.80 Å². The first-order valence-corrected chi connectivity index (χ1v) is 8.61. The molecule has 0 spiro atoms. The summed E-state index contributed by atoms with van der Waals surface area (Å²) in [5.41, 5.74) is 0. The molecule has 0 bridgehead atoms. The molecule has 1 N–H and O–H groups in total. The van der Waals surface area contributed by atoms with Gasteiger partial charge >= 0.3 is 5.97 Å². The Bertz CT molecular complexity index is 439. The minimum atomic E-state index is -0.936. The first-order chi connectivity index (χ1) is 10.5. The minimum absolute atomic E-state index is 0.0300. The maximum Gasteiger partial charge on any atom is 0.305 e. The molecule has 7 nitrogen and oxygen atoms in total. The van der Waals surface area contributed by atoms with Crippen LogP contribution in [0.5, 0.6) is 0 Å². The van der Waals surface area contributed by atoms with Gasteiger partial charge in [-0.1, -0.05) is 0 Å². The number of rotatable bonds is 6. The van der Waals surface area contributed by atoms with E-state index >= 15 is 0 Å². The zero-order chi connectivity index (χ0) is 16.1. The Morgan fingerprint density at radius 3 is 2.77 bits per heavy atom. The molecule has 0 aromatic rings. The minimum Gasteiger partial charge on any atom is -0.481 e. The first-order valence-electron chi connectivity index (χ1n) is 7.46. The summed E-state index contributed by atoms with van der Waals surface area (Å²) in [6, 6.07) is -0.488. The van der Waals surface area contributed by atoms with E-state index in [4.69, 9.17) is 9.84 Å². The van der Waals surface area contributed by atoms with Crippen LogP contribution in [0.1, 0.15) is 26.2 Å². The fraction of sp³-hybridized carbons (Fsp3) is 0.786. The molecular weight excluding hydrogens is 308 g/mol. The van der Waals surface area contributed by atoms with E-state index in [-0.39, 0.29) is 30.9 Å². The zero-order valence-corrected chi connectivity index (χ0v) is 13.5. The van der Waals surface area contributed by atoms with Crippen LogP contribution < -0.4 is 0 Å². The summed E-state index contributed by atoms with van der Waals surface area (Å²) in [6.07, 6.45) is 1.72. The number of amides is 2. The Labute approximate surface area is 134 Å². The number of carbonyl (C=O) groups is 3. The third-order valence-electron chi connectivity index (χ3n) is 3.93. The van der Waals surface area contributed by atoms with Crippen LogP contribution in [0.15, 0.2) is 0 Å². The summed E-state index contributed by atoms with van der Waals surface area (Å²) in [6.45, 7) is 2.69. The highest BCUT2D eigenvalue weighted by Crippen LogP contribution is 2.23. The molecular formula is C14H22N2O5S. The van der Waals surface area contributed by atoms with Crippen molar-refractivity contribution in [3.8, 4) is 0 Å². The van der Waals surface area contributed by atoms with Gasteiger partial charge in [0.05, 0.1) is 18.4 Å². The van der Waals surface area contributed by atoms with Crippen LogP contribution in [0.4, 0.5) is 0 Å².